The summed E-state index contributed by atoms with van der Waals surface area (Å²) in [6.07, 6.45) is 1.09. The van der Waals surface area contributed by atoms with E-state index in [0.717, 1.165) is 26.6 Å². The number of methoxy groups -OCH3 is 2. The Morgan fingerprint density at radius 1 is 1.23 bits per heavy atom. The quantitative estimate of drug-likeness (QED) is 0.871. The van der Waals surface area contributed by atoms with Gasteiger partial charge in [-0.15, -0.1) is 11.3 Å². The molecule has 1 aliphatic rings. The molecule has 6 heteroatoms. The molecule has 1 aromatic carbocycles. The zero-order valence-corrected chi connectivity index (χ0v) is 16.3. The van der Waals surface area contributed by atoms with Crippen molar-refractivity contribution in [2.45, 2.75) is 25.4 Å². The molecule has 0 atom stereocenters. The molecule has 2 heterocycles. The molecule has 1 saturated heterocycles. The first-order valence-corrected chi connectivity index (χ1v) is 9.53. The minimum Gasteiger partial charge on any atom is -0.497 e. The van der Waals surface area contributed by atoms with Crippen LogP contribution in [0.4, 0.5) is 0 Å². The molecule has 2 aromatic rings. The summed E-state index contributed by atoms with van der Waals surface area (Å²) in [5.74, 6) is 0.854. The van der Waals surface area contributed by atoms with Gasteiger partial charge in [-0.3, -0.25) is 4.79 Å². The molecule has 1 aromatic heterocycles. The fraction of sp³-hybridized carbons (Fsp3) is 0.450. The number of likely N-dealkylation sites (tertiary alicyclic amines) is 1. The van der Waals surface area contributed by atoms with Crippen molar-refractivity contribution >= 4 is 17.2 Å². The lowest BCUT2D eigenvalue weighted by molar-refractivity contribution is -0.0662. The number of rotatable bonds is 5. The van der Waals surface area contributed by atoms with Crippen LogP contribution in [0, 0.1) is 6.92 Å². The monoisotopic (exact) mass is 375 g/mol. The second-order valence-corrected chi connectivity index (χ2v) is 8.01. The lowest BCUT2D eigenvalue weighted by Gasteiger charge is -2.37. The van der Waals surface area contributed by atoms with Crippen molar-refractivity contribution in [1.82, 2.24) is 4.90 Å². The van der Waals surface area contributed by atoms with E-state index in [-0.39, 0.29) is 5.91 Å². The van der Waals surface area contributed by atoms with Gasteiger partial charge in [-0.25, -0.2) is 0 Å². The normalized spacial score (nSPS) is 16.5. The van der Waals surface area contributed by atoms with Gasteiger partial charge in [0.05, 0.1) is 24.2 Å². The molecule has 0 unspecified atom stereocenters. The zero-order valence-electron chi connectivity index (χ0n) is 15.4. The summed E-state index contributed by atoms with van der Waals surface area (Å²) < 4.78 is 10.3. The van der Waals surface area contributed by atoms with Crippen LogP contribution in [0.15, 0.2) is 30.3 Å². The van der Waals surface area contributed by atoms with E-state index in [2.05, 4.69) is 0 Å². The van der Waals surface area contributed by atoms with Crippen LogP contribution in [0.5, 0.6) is 5.75 Å². The standard InChI is InChI=1S/C20H25NO4S/c1-14-17(15-4-6-16(25-3)7-5-15)12-18(26-14)19(22)21-10-8-20(23,9-11-21)13-24-2/h4-7,12,23H,8-11,13H2,1-3H3. The molecule has 0 saturated carbocycles. The summed E-state index contributed by atoms with van der Waals surface area (Å²) in [6, 6.07) is 9.84. The van der Waals surface area contributed by atoms with Crippen LogP contribution in [0.1, 0.15) is 27.4 Å². The molecule has 1 aliphatic heterocycles. The maximum Gasteiger partial charge on any atom is 0.263 e. The van der Waals surface area contributed by atoms with Gasteiger partial charge in [-0.2, -0.15) is 0 Å². The molecule has 26 heavy (non-hydrogen) atoms. The summed E-state index contributed by atoms with van der Waals surface area (Å²) in [7, 11) is 3.23. The predicted octanol–water partition coefficient (Wildman–Crippen LogP) is 3.35. The van der Waals surface area contributed by atoms with Crippen molar-refractivity contribution in [3.63, 3.8) is 0 Å². The van der Waals surface area contributed by atoms with E-state index in [1.54, 1.807) is 14.2 Å². The van der Waals surface area contributed by atoms with Gasteiger partial charge in [-0.05, 0) is 49.1 Å². The van der Waals surface area contributed by atoms with E-state index < -0.39 is 5.60 Å². The van der Waals surface area contributed by atoms with Crippen molar-refractivity contribution < 1.29 is 19.4 Å². The largest absolute Gasteiger partial charge is 0.497 e. The van der Waals surface area contributed by atoms with E-state index >= 15 is 0 Å². The lowest BCUT2D eigenvalue weighted by Crippen LogP contribution is -2.48. The Hall–Kier alpha value is -1.89. The second-order valence-electron chi connectivity index (χ2n) is 6.76. The molecule has 1 fully saturated rings. The minimum absolute atomic E-state index is 0.0392. The number of hydrogen-bond acceptors (Lipinski definition) is 5. The molecule has 1 amide bonds. The highest BCUT2D eigenvalue weighted by Gasteiger charge is 2.34. The van der Waals surface area contributed by atoms with E-state index in [4.69, 9.17) is 9.47 Å². The van der Waals surface area contributed by atoms with Crippen molar-refractivity contribution in [3.05, 3.63) is 40.1 Å². The fourth-order valence-corrected chi connectivity index (χ4v) is 4.35. The average Bonchev–Trinajstić information content (AvgIpc) is 3.03. The second kappa shape index (κ2) is 7.78. The highest BCUT2D eigenvalue weighted by Crippen LogP contribution is 2.33. The number of benzene rings is 1. The summed E-state index contributed by atoms with van der Waals surface area (Å²) in [6.45, 7) is 3.45. The number of hydrogen-bond donors (Lipinski definition) is 1. The van der Waals surface area contributed by atoms with Gasteiger partial charge in [-0.1, -0.05) is 12.1 Å². The van der Waals surface area contributed by atoms with Crippen molar-refractivity contribution in [1.29, 1.82) is 0 Å². The third-order valence-corrected chi connectivity index (χ3v) is 5.96. The average molecular weight is 375 g/mol. The Morgan fingerprint density at radius 3 is 2.46 bits per heavy atom. The number of nitrogens with zero attached hydrogens (tertiary/aromatic N) is 1. The Labute approximate surface area is 158 Å². The maximum atomic E-state index is 12.9. The Bertz CT molecular complexity index is 761. The Kier molecular flexibility index (Phi) is 5.65. The molecule has 0 bridgehead atoms. The van der Waals surface area contributed by atoms with Crippen LogP contribution < -0.4 is 4.74 Å². The van der Waals surface area contributed by atoms with Crippen molar-refractivity contribution in [2.75, 3.05) is 33.9 Å². The molecular formula is C20H25NO4S. The van der Waals surface area contributed by atoms with Gasteiger partial charge in [0.15, 0.2) is 0 Å². The van der Waals surface area contributed by atoms with Gasteiger partial charge in [0.1, 0.15) is 5.75 Å². The fourth-order valence-electron chi connectivity index (χ4n) is 3.34. The van der Waals surface area contributed by atoms with Gasteiger partial charge >= 0.3 is 0 Å². The van der Waals surface area contributed by atoms with Gasteiger partial charge in [0.2, 0.25) is 0 Å². The third-order valence-electron chi connectivity index (χ3n) is 4.92. The van der Waals surface area contributed by atoms with E-state index in [1.165, 1.54) is 11.3 Å². The van der Waals surface area contributed by atoms with Gasteiger partial charge in [0, 0.05) is 25.1 Å². The molecule has 140 valence electrons. The summed E-state index contributed by atoms with van der Waals surface area (Å²) >= 11 is 1.52. The van der Waals surface area contributed by atoms with Crippen LogP contribution >= 0.6 is 11.3 Å². The number of carbonyl (C=O) groups excluding carboxylic acids is 1. The number of aryl methyl sites for hydroxylation is 1. The molecule has 5 nitrogen and oxygen atoms in total. The number of ether oxygens (including phenoxy) is 2. The summed E-state index contributed by atoms with van der Waals surface area (Å²) in [5.41, 5.74) is 1.34. The highest BCUT2D eigenvalue weighted by molar-refractivity contribution is 7.14. The predicted molar refractivity (Wildman–Crippen MR) is 103 cm³/mol. The first-order chi connectivity index (χ1) is 12.5. The SMILES string of the molecule is COCC1(O)CCN(C(=O)c2cc(-c3ccc(OC)cc3)c(C)s2)CC1. The number of thiophene rings is 1. The summed E-state index contributed by atoms with van der Waals surface area (Å²) in [5, 5.41) is 10.4. The van der Waals surface area contributed by atoms with E-state index in [0.29, 0.717) is 32.5 Å². The summed E-state index contributed by atoms with van der Waals surface area (Å²) in [4.78, 5) is 16.6. The highest BCUT2D eigenvalue weighted by atomic mass is 32.1. The number of piperidine rings is 1. The van der Waals surface area contributed by atoms with E-state index in [9.17, 15) is 9.90 Å². The van der Waals surface area contributed by atoms with Crippen molar-refractivity contribution in [2.24, 2.45) is 0 Å². The third kappa shape index (κ3) is 3.92. The molecule has 0 spiro atoms. The van der Waals surface area contributed by atoms with Crippen molar-refractivity contribution in [3.8, 4) is 16.9 Å². The number of amides is 1. The van der Waals surface area contributed by atoms with Crippen LogP contribution in [0.3, 0.4) is 0 Å². The number of aliphatic hydroxyl groups is 1. The molecule has 0 aliphatic carbocycles. The topological polar surface area (TPSA) is 59.0 Å². The molecular weight excluding hydrogens is 350 g/mol. The van der Waals surface area contributed by atoms with Gasteiger partial charge < -0.3 is 19.5 Å². The molecule has 0 radical (unpaired) electrons. The zero-order chi connectivity index (χ0) is 18.7. The van der Waals surface area contributed by atoms with Crippen LogP contribution in [0.25, 0.3) is 11.1 Å². The van der Waals surface area contributed by atoms with Crippen LogP contribution in [-0.2, 0) is 4.74 Å². The van der Waals surface area contributed by atoms with Crippen LogP contribution in [0.2, 0.25) is 0 Å². The smallest absolute Gasteiger partial charge is 0.263 e. The lowest BCUT2D eigenvalue weighted by atomic mass is 9.92. The first kappa shape index (κ1) is 18.9. The first-order valence-electron chi connectivity index (χ1n) is 8.71. The molecule has 3 rings (SSSR count). The Morgan fingerprint density at radius 2 is 1.88 bits per heavy atom. The number of carbonyl (C=O) groups is 1. The maximum absolute atomic E-state index is 12.9. The minimum atomic E-state index is -0.814. The molecule has 1 N–H and O–H groups in total. The Balaban J connectivity index is 1.73. The van der Waals surface area contributed by atoms with Gasteiger partial charge in [0.25, 0.3) is 5.91 Å². The van der Waals surface area contributed by atoms with Crippen LogP contribution in [-0.4, -0.2) is 55.4 Å². The van der Waals surface area contributed by atoms with E-state index in [1.807, 2.05) is 42.2 Å².